The van der Waals surface area contributed by atoms with Crippen LogP contribution in [0, 0.1) is 13.8 Å². The number of alkyl halides is 3. The summed E-state index contributed by atoms with van der Waals surface area (Å²) in [5, 5.41) is 8.38. The fourth-order valence-electron chi connectivity index (χ4n) is 5.01. The molecule has 1 aliphatic heterocycles. The number of halogens is 3. The lowest BCUT2D eigenvalue weighted by Crippen LogP contribution is -2.50. The van der Waals surface area contributed by atoms with Crippen LogP contribution in [0.4, 0.5) is 13.2 Å². The van der Waals surface area contributed by atoms with Crippen molar-refractivity contribution in [3.05, 3.63) is 33.9 Å². The molecule has 1 atom stereocenters. The number of carbonyl (C=O) groups is 1. The summed E-state index contributed by atoms with van der Waals surface area (Å²) in [6.45, 7) is 9.24. The Morgan fingerprint density at radius 3 is 2.34 bits per heavy atom. The molecule has 2 aromatic rings. The van der Waals surface area contributed by atoms with Crippen LogP contribution >= 0.6 is 0 Å². The number of aromatic nitrogens is 4. The van der Waals surface area contributed by atoms with E-state index in [9.17, 15) is 18.0 Å². The van der Waals surface area contributed by atoms with E-state index < -0.39 is 17.9 Å². The van der Waals surface area contributed by atoms with E-state index in [1.807, 2.05) is 25.6 Å². The van der Waals surface area contributed by atoms with E-state index >= 15 is 0 Å². The summed E-state index contributed by atoms with van der Waals surface area (Å²) in [6, 6.07) is -0.688. The quantitative estimate of drug-likeness (QED) is 0.700. The highest BCUT2D eigenvalue weighted by Gasteiger charge is 2.42. The second kappa shape index (κ2) is 8.53. The molecule has 0 bridgehead atoms. The molecule has 0 spiro atoms. The summed E-state index contributed by atoms with van der Waals surface area (Å²) in [6.07, 6.45) is -2.49. The normalized spacial score (nSPS) is 18.3. The first kappa shape index (κ1) is 22.8. The van der Waals surface area contributed by atoms with Crippen LogP contribution in [-0.4, -0.2) is 61.4 Å². The van der Waals surface area contributed by atoms with Gasteiger partial charge in [-0.3, -0.25) is 19.1 Å². The molecule has 1 saturated heterocycles. The first-order chi connectivity index (χ1) is 15.1. The molecule has 3 heterocycles. The van der Waals surface area contributed by atoms with Crippen LogP contribution < -0.4 is 0 Å². The van der Waals surface area contributed by atoms with Gasteiger partial charge in [-0.05, 0) is 39.5 Å². The zero-order valence-corrected chi connectivity index (χ0v) is 19.2. The molecule has 1 aliphatic carbocycles. The van der Waals surface area contributed by atoms with Gasteiger partial charge in [-0.25, -0.2) is 0 Å². The van der Waals surface area contributed by atoms with Crippen molar-refractivity contribution in [1.82, 2.24) is 29.4 Å². The lowest BCUT2D eigenvalue weighted by Gasteiger charge is -2.36. The monoisotopic (exact) mass is 452 g/mol. The number of amides is 1. The van der Waals surface area contributed by atoms with E-state index in [2.05, 4.69) is 22.0 Å². The van der Waals surface area contributed by atoms with Crippen LogP contribution in [0.3, 0.4) is 0 Å². The standard InChI is InChI=1S/C22H31F3N6O/c1-5-18(31-19-8-6-7-16(19)20(27-31)22(23,24)25)21(32)30-11-9-29(10-12-30)13-17-14(2)26-28(4)15(17)3/h18H,5-13H2,1-4H3. The van der Waals surface area contributed by atoms with Gasteiger partial charge in [-0.15, -0.1) is 0 Å². The highest BCUT2D eigenvalue weighted by atomic mass is 19.4. The number of hydrogen-bond acceptors (Lipinski definition) is 4. The Balaban J connectivity index is 1.46. The minimum Gasteiger partial charge on any atom is -0.338 e. The third kappa shape index (κ3) is 4.04. The summed E-state index contributed by atoms with van der Waals surface area (Å²) < 4.78 is 43.7. The van der Waals surface area contributed by atoms with Gasteiger partial charge in [0.2, 0.25) is 5.91 Å². The molecule has 1 fully saturated rings. The van der Waals surface area contributed by atoms with Gasteiger partial charge >= 0.3 is 6.18 Å². The SMILES string of the molecule is CCC(C(=O)N1CCN(Cc2c(C)nn(C)c2C)CC1)n1nc(C(F)(F)F)c2c1CCC2. The number of aryl methyl sites for hydroxylation is 2. The Bertz CT molecular complexity index is 1000. The molecule has 0 radical (unpaired) electrons. The van der Waals surface area contributed by atoms with Gasteiger partial charge in [-0.2, -0.15) is 23.4 Å². The predicted molar refractivity (Wildman–Crippen MR) is 113 cm³/mol. The van der Waals surface area contributed by atoms with Crippen LogP contribution in [-0.2, 0) is 37.4 Å². The molecular formula is C22H31F3N6O. The molecule has 7 nitrogen and oxygen atoms in total. The van der Waals surface area contributed by atoms with E-state index in [0.29, 0.717) is 44.5 Å². The maximum absolute atomic E-state index is 13.5. The minimum atomic E-state index is -4.49. The zero-order valence-electron chi connectivity index (χ0n) is 19.2. The van der Waals surface area contributed by atoms with Crippen molar-refractivity contribution < 1.29 is 18.0 Å². The van der Waals surface area contributed by atoms with Gasteiger partial charge in [0.05, 0.1) is 5.69 Å². The van der Waals surface area contributed by atoms with Gasteiger partial charge < -0.3 is 4.90 Å². The molecular weight excluding hydrogens is 421 g/mol. The van der Waals surface area contributed by atoms with Gasteiger partial charge in [0.1, 0.15) is 6.04 Å². The Labute approximate surface area is 186 Å². The third-order valence-electron chi connectivity index (χ3n) is 6.92. The topological polar surface area (TPSA) is 59.2 Å². The average molecular weight is 453 g/mol. The van der Waals surface area contributed by atoms with Crippen molar-refractivity contribution in [1.29, 1.82) is 0 Å². The molecule has 2 aliphatic rings. The van der Waals surface area contributed by atoms with Crippen LogP contribution in [0.15, 0.2) is 0 Å². The molecule has 0 aromatic carbocycles. The van der Waals surface area contributed by atoms with Gasteiger partial charge in [0, 0.05) is 62.3 Å². The molecule has 1 amide bonds. The molecule has 4 rings (SSSR count). The number of hydrogen-bond donors (Lipinski definition) is 0. The smallest absolute Gasteiger partial charge is 0.338 e. The van der Waals surface area contributed by atoms with Gasteiger partial charge in [-0.1, -0.05) is 6.92 Å². The van der Waals surface area contributed by atoms with Crippen LogP contribution in [0.2, 0.25) is 0 Å². The van der Waals surface area contributed by atoms with E-state index in [1.54, 1.807) is 4.90 Å². The van der Waals surface area contributed by atoms with Crippen molar-refractivity contribution in [2.75, 3.05) is 26.2 Å². The van der Waals surface area contributed by atoms with E-state index in [-0.39, 0.29) is 11.5 Å². The Kier molecular flexibility index (Phi) is 6.08. The number of carbonyl (C=O) groups excluding carboxylic acids is 1. The van der Waals surface area contributed by atoms with Crippen molar-refractivity contribution in [2.24, 2.45) is 7.05 Å². The Morgan fingerprint density at radius 1 is 1.09 bits per heavy atom. The Morgan fingerprint density at radius 2 is 1.78 bits per heavy atom. The molecule has 2 aromatic heterocycles. The van der Waals surface area contributed by atoms with E-state index in [1.165, 1.54) is 10.2 Å². The van der Waals surface area contributed by atoms with Crippen molar-refractivity contribution in [3.8, 4) is 0 Å². The predicted octanol–water partition coefficient (Wildman–Crippen LogP) is 3.04. The van der Waals surface area contributed by atoms with Crippen molar-refractivity contribution >= 4 is 5.91 Å². The maximum Gasteiger partial charge on any atom is 0.435 e. The molecule has 0 N–H and O–H groups in total. The van der Waals surface area contributed by atoms with E-state index in [4.69, 9.17) is 0 Å². The zero-order chi connectivity index (χ0) is 23.2. The fourth-order valence-corrected chi connectivity index (χ4v) is 5.01. The summed E-state index contributed by atoms with van der Waals surface area (Å²) in [4.78, 5) is 17.4. The minimum absolute atomic E-state index is 0.133. The largest absolute Gasteiger partial charge is 0.435 e. The molecule has 176 valence electrons. The number of piperazine rings is 1. The molecule has 0 saturated carbocycles. The highest BCUT2D eigenvalue weighted by Crippen LogP contribution is 2.38. The second-order valence-electron chi connectivity index (χ2n) is 8.87. The fraction of sp³-hybridized carbons (Fsp3) is 0.682. The summed E-state index contributed by atoms with van der Waals surface area (Å²) in [7, 11) is 1.93. The summed E-state index contributed by atoms with van der Waals surface area (Å²) in [5.41, 5.74) is 3.41. The van der Waals surface area contributed by atoms with Gasteiger partial charge in [0.25, 0.3) is 0 Å². The van der Waals surface area contributed by atoms with Crippen molar-refractivity contribution in [2.45, 2.75) is 65.2 Å². The highest BCUT2D eigenvalue weighted by molar-refractivity contribution is 5.80. The van der Waals surface area contributed by atoms with Crippen LogP contribution in [0.1, 0.15) is 59.7 Å². The molecule has 10 heteroatoms. The van der Waals surface area contributed by atoms with Gasteiger partial charge in [0.15, 0.2) is 5.69 Å². The average Bonchev–Trinajstić information content (AvgIpc) is 3.40. The van der Waals surface area contributed by atoms with Crippen LogP contribution in [0.5, 0.6) is 0 Å². The molecule has 1 unspecified atom stereocenters. The lowest BCUT2D eigenvalue weighted by atomic mass is 10.1. The lowest BCUT2D eigenvalue weighted by molar-refractivity contribution is -0.143. The maximum atomic E-state index is 13.5. The summed E-state index contributed by atoms with van der Waals surface area (Å²) in [5.74, 6) is -0.133. The van der Waals surface area contributed by atoms with E-state index in [0.717, 1.165) is 31.0 Å². The number of rotatable bonds is 5. The first-order valence-electron chi connectivity index (χ1n) is 11.3. The first-order valence-corrected chi connectivity index (χ1v) is 11.3. The molecule has 32 heavy (non-hydrogen) atoms. The second-order valence-corrected chi connectivity index (χ2v) is 8.87. The van der Waals surface area contributed by atoms with Crippen LogP contribution in [0.25, 0.3) is 0 Å². The van der Waals surface area contributed by atoms with Crippen molar-refractivity contribution in [3.63, 3.8) is 0 Å². The number of nitrogens with zero attached hydrogens (tertiary/aromatic N) is 6. The summed E-state index contributed by atoms with van der Waals surface area (Å²) >= 11 is 0. The third-order valence-corrected chi connectivity index (χ3v) is 6.92. The number of fused-ring (bicyclic) bond motifs is 1. The Hall–Kier alpha value is -2.36.